The highest BCUT2D eigenvalue weighted by atomic mass is 35.5. The number of aromatic nitrogens is 12. The molecule has 26 nitrogen and oxygen atoms in total. The Kier molecular flexibility index (Phi) is 25.8. The van der Waals surface area contributed by atoms with Crippen LogP contribution >= 0.6 is 23.2 Å². The summed E-state index contributed by atoms with van der Waals surface area (Å²) in [6, 6.07) is 53.1. The highest BCUT2D eigenvalue weighted by Gasteiger charge is 2.36. The summed E-state index contributed by atoms with van der Waals surface area (Å²) in [4.78, 5) is 95.8. The summed E-state index contributed by atoms with van der Waals surface area (Å²) in [6.45, 7) is 34.6. The fraction of sp³-hybridized carbons (Fsp3) is 0.132. The third-order valence-electron chi connectivity index (χ3n) is 20.0. The van der Waals surface area contributed by atoms with E-state index in [9.17, 15) is 45.5 Å². The molecule has 0 spiro atoms. The molecule has 4 atom stereocenters. The van der Waals surface area contributed by atoms with E-state index in [1.165, 1.54) is 80.8 Å². The van der Waals surface area contributed by atoms with Gasteiger partial charge in [-0.3, -0.25) is 42.4 Å². The van der Waals surface area contributed by atoms with Crippen LogP contribution < -0.4 is 60.7 Å². The SMILES string of the molecule is Cc1cccc2cc([C@H](C)Nc3nc(N)ncc3C(F)(F)F)n(-c3cccc(F)c3)c(=O)c12.[C-]#[N+]c1cnc(C)nc1N[C@@H](C)c1cc2cccc(Cl)c2c(=O)n1-c1ccccc1.[C-]#[N+]c1cnc(N)nc1N[C@@H](C)c1cc2cccc(C)c2c(=O)n1-c1cccc(F)c1.[C-]#[N+]c1cnc(N)nc1N[C@@H](C)c1cc2cccc(Cl)c2c(=O)n1-c1cccc(F)c1. The van der Waals surface area contributed by atoms with Crippen molar-refractivity contribution >= 4 is 124 Å². The van der Waals surface area contributed by atoms with Crippen LogP contribution in [0.15, 0.2) is 244 Å². The minimum absolute atomic E-state index is 0.00918. The normalized spacial score (nSPS) is 12.0. The molecule has 16 rings (SSSR count). The molecule has 0 aliphatic heterocycles. The van der Waals surface area contributed by atoms with E-state index in [1.54, 1.807) is 111 Å². The van der Waals surface area contributed by atoms with Gasteiger partial charge in [0.15, 0.2) is 0 Å². The van der Waals surface area contributed by atoms with Crippen LogP contribution in [-0.4, -0.2) is 58.1 Å². The molecule has 0 bridgehead atoms. The maximum atomic E-state index is 14.0. The molecule has 0 saturated carbocycles. The lowest BCUT2D eigenvalue weighted by Crippen LogP contribution is -2.27. The molecule has 0 unspecified atom stereocenters. The van der Waals surface area contributed by atoms with Crippen molar-refractivity contribution in [1.82, 2.24) is 58.1 Å². The average molecular weight is 1720 g/mol. The van der Waals surface area contributed by atoms with E-state index in [-0.39, 0.29) is 69.3 Å². The number of pyridine rings is 4. The molecule has 34 heteroatoms. The summed E-state index contributed by atoms with van der Waals surface area (Å²) in [7, 11) is 0. The zero-order valence-corrected chi connectivity index (χ0v) is 68.8. The van der Waals surface area contributed by atoms with Crippen LogP contribution in [0, 0.1) is 57.9 Å². The number of benzene rings is 8. The molecule has 0 saturated heterocycles. The Bertz CT molecular complexity index is 7080. The van der Waals surface area contributed by atoms with Crippen LogP contribution in [0.1, 0.15) is 97.2 Å². The van der Waals surface area contributed by atoms with E-state index in [1.807, 2.05) is 93.6 Å². The number of rotatable bonds is 16. The first kappa shape index (κ1) is 87.0. The van der Waals surface area contributed by atoms with E-state index in [0.717, 1.165) is 33.3 Å². The number of fused-ring (bicyclic) bond motifs is 4. The second-order valence-corrected chi connectivity index (χ2v) is 29.3. The Balaban J connectivity index is 0.000000143. The minimum atomic E-state index is -4.72. The molecule has 0 amide bonds. The van der Waals surface area contributed by atoms with Gasteiger partial charge in [0.2, 0.25) is 34.9 Å². The number of para-hydroxylation sites is 1. The fourth-order valence-corrected chi connectivity index (χ4v) is 14.7. The highest BCUT2D eigenvalue weighted by Crippen LogP contribution is 2.38. The first-order valence-electron chi connectivity index (χ1n) is 38.1. The average Bonchev–Trinajstić information content (AvgIpc) is 0.771. The van der Waals surface area contributed by atoms with Gasteiger partial charge in [-0.05, 0) is 184 Å². The maximum absolute atomic E-state index is 14.0. The number of hydrogen-bond donors (Lipinski definition) is 7. The quantitative estimate of drug-likeness (QED) is 0.0349. The van der Waals surface area contributed by atoms with E-state index in [4.69, 9.17) is 60.1 Å². The van der Waals surface area contributed by atoms with Gasteiger partial charge in [-0.15, -0.1) is 0 Å². The second kappa shape index (κ2) is 37.0. The molecule has 10 N–H and O–H groups in total. The van der Waals surface area contributed by atoms with Gasteiger partial charge in [-0.1, -0.05) is 120 Å². The number of anilines is 7. The number of alkyl halides is 3. The first-order valence-corrected chi connectivity index (χ1v) is 38.9. The van der Waals surface area contributed by atoms with Crippen LogP contribution in [0.2, 0.25) is 10.0 Å². The molecular formula is C91H72Cl2F6N22O4. The summed E-state index contributed by atoms with van der Waals surface area (Å²) in [5.74, 6) is -0.816. The molecule has 0 aliphatic rings. The van der Waals surface area contributed by atoms with Gasteiger partial charge in [0.1, 0.15) is 52.1 Å². The highest BCUT2D eigenvalue weighted by molar-refractivity contribution is 6.36. The van der Waals surface area contributed by atoms with E-state index in [2.05, 4.69) is 75.7 Å². The van der Waals surface area contributed by atoms with Gasteiger partial charge in [-0.2, -0.15) is 18.2 Å². The molecule has 626 valence electrons. The summed E-state index contributed by atoms with van der Waals surface area (Å²) in [5.41, 5.74) is 20.7. The lowest BCUT2D eigenvalue weighted by atomic mass is 10.0. The number of nitrogen functional groups attached to an aromatic ring is 3. The molecule has 125 heavy (non-hydrogen) atoms. The van der Waals surface area contributed by atoms with Gasteiger partial charge < -0.3 is 38.5 Å². The van der Waals surface area contributed by atoms with Gasteiger partial charge >= 0.3 is 6.18 Å². The molecule has 8 heterocycles. The van der Waals surface area contributed by atoms with Gasteiger partial charge in [0.05, 0.1) is 92.5 Å². The number of hydrogen-bond acceptors (Lipinski definition) is 19. The number of halogens is 8. The molecule has 0 aliphatic carbocycles. The van der Waals surface area contributed by atoms with E-state index >= 15 is 0 Å². The lowest BCUT2D eigenvalue weighted by molar-refractivity contribution is -0.137. The Hall–Kier alpha value is -15.9. The van der Waals surface area contributed by atoms with Crippen molar-refractivity contribution in [1.29, 1.82) is 0 Å². The van der Waals surface area contributed by atoms with Crippen molar-refractivity contribution in [2.24, 2.45) is 0 Å². The number of aryl methyl sites for hydroxylation is 3. The Morgan fingerprint density at radius 1 is 0.368 bits per heavy atom. The van der Waals surface area contributed by atoms with Crippen molar-refractivity contribution in [2.45, 2.75) is 78.8 Å². The number of nitrogens with zero attached hydrogens (tertiary/aromatic N) is 15. The molecular weight excluding hydrogens is 1650 g/mol. The van der Waals surface area contributed by atoms with Gasteiger partial charge in [-0.25, -0.2) is 57.6 Å². The van der Waals surface area contributed by atoms with Crippen LogP contribution in [0.3, 0.4) is 0 Å². The molecule has 0 fully saturated rings. The molecule has 0 radical (unpaired) electrons. The molecule has 16 aromatic rings. The predicted molar refractivity (Wildman–Crippen MR) is 476 cm³/mol. The third kappa shape index (κ3) is 18.9. The Morgan fingerprint density at radius 2 is 0.664 bits per heavy atom. The molecule has 8 aromatic carbocycles. The summed E-state index contributed by atoms with van der Waals surface area (Å²) in [6.07, 6.45) is 0.0338. The predicted octanol–water partition coefficient (Wildman–Crippen LogP) is 19.9. The Morgan fingerprint density at radius 3 is 1.02 bits per heavy atom. The maximum Gasteiger partial charge on any atom is 0.421 e. The summed E-state index contributed by atoms with van der Waals surface area (Å²) >= 11 is 12.7. The monoisotopic (exact) mass is 1720 g/mol. The van der Waals surface area contributed by atoms with Crippen LogP contribution in [0.4, 0.5) is 84.5 Å². The van der Waals surface area contributed by atoms with Crippen molar-refractivity contribution in [2.75, 3.05) is 38.5 Å². The minimum Gasteiger partial charge on any atom is -0.371 e. The lowest BCUT2D eigenvalue weighted by Gasteiger charge is -2.23. The third-order valence-corrected chi connectivity index (χ3v) is 20.6. The second-order valence-electron chi connectivity index (χ2n) is 28.5. The van der Waals surface area contributed by atoms with Gasteiger partial charge in [0, 0.05) is 53.3 Å². The first-order chi connectivity index (χ1) is 59.8. The zero-order valence-electron chi connectivity index (χ0n) is 67.3. The summed E-state index contributed by atoms with van der Waals surface area (Å²) < 4.78 is 88.2. The van der Waals surface area contributed by atoms with E-state index < -0.39 is 58.7 Å². The van der Waals surface area contributed by atoms with Crippen molar-refractivity contribution in [3.05, 3.63) is 373 Å². The standard InChI is InChI=1S/C23H18ClN5O.C23H19F4N5O.C23H19FN6O.C22H16ClFN6O/c1-14(27-22-19(25-3)13-26-15(2)28-22)20-12-16-8-7-11-18(24)21(16)23(30)29(20)17-9-5-4-6-10-17;1-12-5-3-6-14-9-18(32(21(33)19(12)14)16-8-4-7-15(24)10-16)13(2)30-20-17(23(25,26)27)11-29-22(28)31-20;1-13-6-4-7-15-10-19(14(2)28-21-18(26-3)12-27-23(25)29-21)30(22(31)20(13)15)17-9-5-8-16(24)11-17;1-12(28-20-17(26-2)11-27-22(25)29-20)18-9-13-5-3-8-16(23)19(13)21(31)30(18)15-7-4-6-14(24)10-15/h4-14H,1-2H3,(H,26,27,28);3-11,13H,1-2H3,(H3,28,29,30,31);4-12,14H,1-2H3,(H3,25,27,28,29);3-12H,1H3,(H3,25,27,28,29)/t14-;13-;14-;12-/m0000/s1. The zero-order chi connectivity index (χ0) is 89.4. The largest absolute Gasteiger partial charge is 0.421 e. The van der Waals surface area contributed by atoms with E-state index in [0.29, 0.717) is 94.3 Å². The van der Waals surface area contributed by atoms with Crippen molar-refractivity contribution in [3.63, 3.8) is 0 Å². The van der Waals surface area contributed by atoms with Crippen LogP contribution in [-0.2, 0) is 6.18 Å². The van der Waals surface area contributed by atoms with Crippen molar-refractivity contribution < 1.29 is 26.3 Å². The Labute approximate surface area is 718 Å². The van der Waals surface area contributed by atoms with Gasteiger partial charge in [0.25, 0.3) is 22.2 Å². The number of nitrogens with two attached hydrogens (primary N) is 3. The summed E-state index contributed by atoms with van der Waals surface area (Å²) in [5, 5.41) is 17.5. The fourth-order valence-electron chi connectivity index (χ4n) is 14.2. The molecule has 8 aromatic heterocycles. The number of nitrogens with one attached hydrogen (secondary N) is 4. The van der Waals surface area contributed by atoms with Crippen molar-refractivity contribution in [3.8, 4) is 22.7 Å². The van der Waals surface area contributed by atoms with Crippen LogP contribution in [0.5, 0.6) is 0 Å². The topological polar surface area (TPSA) is 330 Å². The van der Waals surface area contributed by atoms with Crippen LogP contribution in [0.25, 0.3) is 80.4 Å². The smallest absolute Gasteiger partial charge is 0.371 e.